The molecule has 1 aromatic heterocycles. The van der Waals surface area contributed by atoms with Crippen LogP contribution in [0.3, 0.4) is 0 Å². The zero-order chi connectivity index (χ0) is 10.3. The molecule has 3 rings (SSSR count). The van der Waals surface area contributed by atoms with Gasteiger partial charge >= 0.3 is 0 Å². The first-order valence-corrected chi connectivity index (χ1v) is 5.59. The normalized spacial score (nSPS) is 15.5. The minimum absolute atomic E-state index is 0.00704. The molecule has 1 amide bonds. The van der Waals surface area contributed by atoms with Gasteiger partial charge in [-0.2, -0.15) is 8.75 Å². The number of amides is 1. The number of nitrogens with zero attached hydrogens (tertiary/aromatic N) is 2. The van der Waals surface area contributed by atoms with Gasteiger partial charge in [0.05, 0.1) is 11.7 Å². The molecule has 0 unspecified atom stereocenters. The molecule has 0 bridgehead atoms. The second-order valence-corrected chi connectivity index (χ2v) is 4.24. The van der Waals surface area contributed by atoms with Crippen molar-refractivity contribution < 1.29 is 4.79 Å². The third kappa shape index (κ3) is 1.70. The fraction of sp³-hybridized carbons (Fsp3) is 0.300. The van der Waals surface area contributed by atoms with Crippen molar-refractivity contribution in [1.29, 1.82) is 0 Å². The molecular weight excluding hydrogens is 210 g/mol. The Morgan fingerprint density at radius 2 is 2.13 bits per heavy atom. The average Bonchev–Trinajstić information content (AvgIpc) is 2.94. The monoisotopic (exact) mass is 219 g/mol. The molecule has 76 valence electrons. The second kappa shape index (κ2) is 3.27. The van der Waals surface area contributed by atoms with Crippen LogP contribution in [0.4, 0.5) is 0 Å². The number of carbonyl (C=O) groups excluding carboxylic acids is 1. The first-order valence-electron chi connectivity index (χ1n) is 4.86. The lowest BCUT2D eigenvalue weighted by atomic mass is 10.2. The van der Waals surface area contributed by atoms with Crippen molar-refractivity contribution in [3.05, 3.63) is 23.8 Å². The van der Waals surface area contributed by atoms with Gasteiger partial charge in [-0.05, 0) is 31.0 Å². The Labute approximate surface area is 90.6 Å². The van der Waals surface area contributed by atoms with Crippen molar-refractivity contribution in [3.8, 4) is 0 Å². The molecule has 4 nitrogen and oxygen atoms in total. The van der Waals surface area contributed by atoms with E-state index in [1.807, 2.05) is 6.07 Å². The van der Waals surface area contributed by atoms with Gasteiger partial charge in [0.2, 0.25) is 0 Å². The van der Waals surface area contributed by atoms with Crippen LogP contribution in [0.1, 0.15) is 23.2 Å². The van der Waals surface area contributed by atoms with Crippen LogP contribution >= 0.6 is 11.7 Å². The number of hydrogen-bond acceptors (Lipinski definition) is 4. The van der Waals surface area contributed by atoms with E-state index in [1.54, 1.807) is 12.1 Å². The largest absolute Gasteiger partial charge is 0.349 e. The Morgan fingerprint density at radius 3 is 2.93 bits per heavy atom. The van der Waals surface area contributed by atoms with Crippen LogP contribution in [0.25, 0.3) is 11.0 Å². The van der Waals surface area contributed by atoms with Crippen molar-refractivity contribution in [2.24, 2.45) is 0 Å². The molecule has 15 heavy (non-hydrogen) atoms. The summed E-state index contributed by atoms with van der Waals surface area (Å²) in [5, 5.41) is 2.94. The van der Waals surface area contributed by atoms with Crippen molar-refractivity contribution in [3.63, 3.8) is 0 Å². The van der Waals surface area contributed by atoms with Gasteiger partial charge in [-0.15, -0.1) is 0 Å². The topological polar surface area (TPSA) is 54.9 Å². The minimum Gasteiger partial charge on any atom is -0.349 e. The number of rotatable bonds is 2. The molecule has 0 aliphatic heterocycles. The van der Waals surface area contributed by atoms with Crippen LogP contribution in [0.5, 0.6) is 0 Å². The molecule has 0 atom stereocenters. The number of benzene rings is 1. The first kappa shape index (κ1) is 8.79. The van der Waals surface area contributed by atoms with E-state index in [4.69, 9.17) is 0 Å². The van der Waals surface area contributed by atoms with E-state index in [9.17, 15) is 4.79 Å². The summed E-state index contributed by atoms with van der Waals surface area (Å²) in [6.07, 6.45) is 2.21. The predicted molar refractivity (Wildman–Crippen MR) is 57.9 cm³/mol. The Kier molecular flexibility index (Phi) is 1.92. The van der Waals surface area contributed by atoms with Crippen LogP contribution in [-0.4, -0.2) is 20.7 Å². The molecule has 1 saturated carbocycles. The van der Waals surface area contributed by atoms with E-state index in [1.165, 1.54) is 11.7 Å². The summed E-state index contributed by atoms with van der Waals surface area (Å²) in [7, 11) is 0. The number of aromatic nitrogens is 2. The van der Waals surface area contributed by atoms with Crippen LogP contribution in [-0.2, 0) is 0 Å². The van der Waals surface area contributed by atoms with Gasteiger partial charge in [0.1, 0.15) is 11.0 Å². The van der Waals surface area contributed by atoms with E-state index in [0.29, 0.717) is 11.6 Å². The summed E-state index contributed by atoms with van der Waals surface area (Å²) < 4.78 is 8.20. The number of nitrogens with one attached hydrogen (secondary N) is 1. The molecule has 1 heterocycles. The molecule has 0 spiro atoms. The van der Waals surface area contributed by atoms with Gasteiger partial charge in [-0.3, -0.25) is 4.79 Å². The van der Waals surface area contributed by atoms with E-state index >= 15 is 0 Å². The quantitative estimate of drug-likeness (QED) is 0.834. The summed E-state index contributed by atoms with van der Waals surface area (Å²) >= 11 is 1.17. The third-order valence-corrected chi connectivity index (χ3v) is 2.99. The highest BCUT2D eigenvalue weighted by atomic mass is 32.1. The van der Waals surface area contributed by atoms with Crippen LogP contribution in [0.15, 0.2) is 18.2 Å². The van der Waals surface area contributed by atoms with E-state index in [2.05, 4.69) is 14.1 Å². The second-order valence-electron chi connectivity index (χ2n) is 3.72. The molecule has 1 fully saturated rings. The van der Waals surface area contributed by atoms with Gasteiger partial charge < -0.3 is 5.32 Å². The molecule has 2 aromatic rings. The summed E-state index contributed by atoms with van der Waals surface area (Å²) in [6, 6.07) is 5.81. The van der Waals surface area contributed by atoms with Crippen molar-refractivity contribution in [2.45, 2.75) is 18.9 Å². The molecule has 1 aliphatic rings. The number of hydrogen-bond donors (Lipinski definition) is 1. The van der Waals surface area contributed by atoms with Crippen molar-refractivity contribution >= 4 is 28.7 Å². The summed E-state index contributed by atoms with van der Waals surface area (Å²) in [4.78, 5) is 11.7. The average molecular weight is 219 g/mol. The Hall–Kier alpha value is -1.49. The standard InChI is InChI=1S/C10H9N3OS/c14-10(11-7-2-3-7)6-1-4-8-9(5-6)13-15-12-8/h1,4-5,7H,2-3H2,(H,11,14). The zero-order valence-electron chi connectivity index (χ0n) is 7.93. The SMILES string of the molecule is O=C(NC1CC1)c1ccc2nsnc2c1. The fourth-order valence-corrected chi connectivity index (χ4v) is 1.94. The fourth-order valence-electron chi connectivity index (χ4n) is 1.42. The minimum atomic E-state index is -0.00704. The highest BCUT2D eigenvalue weighted by Gasteiger charge is 2.23. The number of carbonyl (C=O) groups is 1. The Morgan fingerprint density at radius 1 is 1.33 bits per heavy atom. The maximum Gasteiger partial charge on any atom is 0.251 e. The van der Waals surface area contributed by atoms with E-state index in [-0.39, 0.29) is 5.91 Å². The Bertz CT molecular complexity index is 518. The zero-order valence-corrected chi connectivity index (χ0v) is 8.75. The molecule has 1 aromatic carbocycles. The van der Waals surface area contributed by atoms with E-state index in [0.717, 1.165) is 23.9 Å². The Balaban J connectivity index is 1.91. The van der Waals surface area contributed by atoms with Crippen molar-refractivity contribution in [1.82, 2.24) is 14.1 Å². The van der Waals surface area contributed by atoms with Gasteiger partial charge in [0, 0.05) is 11.6 Å². The molecule has 1 N–H and O–H groups in total. The molecule has 5 heteroatoms. The molecule has 0 radical (unpaired) electrons. The first-order chi connectivity index (χ1) is 7.33. The van der Waals surface area contributed by atoms with Crippen LogP contribution in [0, 0.1) is 0 Å². The highest BCUT2D eigenvalue weighted by molar-refractivity contribution is 7.00. The maximum atomic E-state index is 11.7. The van der Waals surface area contributed by atoms with Crippen LogP contribution in [0.2, 0.25) is 0 Å². The van der Waals surface area contributed by atoms with Gasteiger partial charge in [-0.25, -0.2) is 0 Å². The smallest absolute Gasteiger partial charge is 0.251 e. The lowest BCUT2D eigenvalue weighted by Gasteiger charge is -2.01. The maximum absolute atomic E-state index is 11.7. The third-order valence-electron chi connectivity index (χ3n) is 2.43. The van der Waals surface area contributed by atoms with Gasteiger partial charge in [0.25, 0.3) is 5.91 Å². The molecular formula is C10H9N3OS. The van der Waals surface area contributed by atoms with E-state index < -0.39 is 0 Å². The van der Waals surface area contributed by atoms with Crippen molar-refractivity contribution in [2.75, 3.05) is 0 Å². The summed E-state index contributed by atoms with van der Waals surface area (Å²) in [5.74, 6) is -0.00704. The van der Waals surface area contributed by atoms with Gasteiger partial charge in [-0.1, -0.05) is 0 Å². The lowest BCUT2D eigenvalue weighted by Crippen LogP contribution is -2.25. The summed E-state index contributed by atoms with van der Waals surface area (Å²) in [6.45, 7) is 0. The number of fused-ring (bicyclic) bond motifs is 1. The summed E-state index contributed by atoms with van der Waals surface area (Å²) in [5.41, 5.74) is 2.31. The lowest BCUT2D eigenvalue weighted by molar-refractivity contribution is 0.0951. The molecule has 1 aliphatic carbocycles. The molecule has 0 saturated heterocycles. The van der Waals surface area contributed by atoms with Crippen LogP contribution < -0.4 is 5.32 Å². The van der Waals surface area contributed by atoms with Gasteiger partial charge in [0.15, 0.2) is 0 Å². The highest BCUT2D eigenvalue weighted by Crippen LogP contribution is 2.20. The predicted octanol–water partition coefficient (Wildman–Crippen LogP) is 1.58.